The van der Waals surface area contributed by atoms with Crippen LogP contribution in [0.15, 0.2) is 210 Å². The van der Waals surface area contributed by atoms with Gasteiger partial charge in [-0.3, -0.25) is 47.8 Å². The average Bonchev–Trinajstić information content (AvgIpc) is 1.70. The fourth-order valence-corrected chi connectivity index (χ4v) is 18.0. The molecule has 17 nitrogen and oxygen atoms in total. The number of nitriles is 1. The van der Waals surface area contributed by atoms with Gasteiger partial charge in [0, 0.05) is 88.8 Å². The normalized spacial score (nSPS) is 21.5. The van der Waals surface area contributed by atoms with Gasteiger partial charge >= 0.3 is 29.6 Å². The molecular weight excluding hydrogens is 1440 g/mol. The van der Waals surface area contributed by atoms with E-state index in [1.165, 1.54) is 15.2 Å². The number of hydrogen-bond acceptors (Lipinski definition) is 12. The second-order valence-electron chi connectivity index (χ2n) is 25.6. The molecule has 10 unspecified atom stereocenters. The van der Waals surface area contributed by atoms with Crippen molar-refractivity contribution in [2.75, 3.05) is 71.4 Å². The molecule has 5 fully saturated rings. The van der Waals surface area contributed by atoms with Crippen LogP contribution in [-0.2, 0) is 37.8 Å². The maximum Gasteiger partial charge on any atom is 1.00 e. The first-order valence-corrected chi connectivity index (χ1v) is 45.5. The fraction of sp³-hybridized carbons (Fsp3) is 0.359. The van der Waals surface area contributed by atoms with Gasteiger partial charge in [-0.15, -0.1) is 0 Å². The Kier molecular flexibility index (Phi) is 38.8. The minimum atomic E-state index is -0.684. The van der Waals surface area contributed by atoms with E-state index in [0.717, 1.165) is 132 Å². The number of carbonyl (C=O) groups excluding carboxylic acids is 5. The van der Waals surface area contributed by atoms with Gasteiger partial charge in [-0.05, 0) is 170 Å². The Labute approximate surface area is 655 Å². The molecule has 545 valence electrons. The molecule has 5 aliphatic heterocycles. The van der Waals surface area contributed by atoms with Crippen LogP contribution in [0.5, 0.6) is 0 Å². The van der Waals surface area contributed by atoms with Crippen molar-refractivity contribution in [2.24, 2.45) is 38.1 Å². The largest absolute Gasteiger partial charge is 1.00 e. The number of amides is 5. The molecule has 12 rings (SSSR count). The summed E-state index contributed by atoms with van der Waals surface area (Å²) in [6.45, 7) is 27.9. The van der Waals surface area contributed by atoms with Crippen molar-refractivity contribution in [3.05, 3.63) is 234 Å². The van der Waals surface area contributed by atoms with Crippen molar-refractivity contribution in [1.82, 2.24) is 24.5 Å². The van der Waals surface area contributed by atoms with E-state index in [4.69, 9.17) is 29.1 Å². The number of hydrogen-bond donors (Lipinski definition) is 1. The van der Waals surface area contributed by atoms with Crippen LogP contribution in [0, 0.1) is 53.3 Å². The molecule has 5 heterocycles. The van der Waals surface area contributed by atoms with E-state index in [1.807, 2.05) is 240 Å². The molecule has 3 radical (unpaired) electrons. The molecular formula is C78H101BN9NaO8P7. The Hall–Kier alpha value is -5.53. The topological polar surface area (TPSA) is 190 Å². The molecule has 104 heavy (non-hydrogen) atoms. The average molecular weight is 1540 g/mol. The first kappa shape index (κ1) is 89.1. The van der Waals surface area contributed by atoms with Crippen molar-refractivity contribution < 1.29 is 68.8 Å². The third-order valence-electron chi connectivity index (χ3n) is 18.2. The van der Waals surface area contributed by atoms with Crippen LogP contribution in [0.2, 0.25) is 0 Å². The molecule has 5 amide bonds. The Morgan fingerprint density at radius 1 is 0.510 bits per heavy atom. The van der Waals surface area contributed by atoms with E-state index in [1.54, 1.807) is 0 Å². The summed E-state index contributed by atoms with van der Waals surface area (Å²) < 4.78 is 20.2. The maximum atomic E-state index is 13.2. The Balaban J connectivity index is 0.000000277. The summed E-state index contributed by atoms with van der Waals surface area (Å²) in [5.41, 5.74) is 8.78. The molecule has 13 atom stereocenters. The van der Waals surface area contributed by atoms with Crippen LogP contribution < -0.4 is 34.9 Å². The van der Waals surface area contributed by atoms with Gasteiger partial charge in [0.2, 0.25) is 17.7 Å². The number of aliphatic imine (C=N–C) groups is 2. The van der Waals surface area contributed by atoms with Crippen LogP contribution in [0.25, 0.3) is 0 Å². The molecule has 0 aliphatic carbocycles. The maximum absolute atomic E-state index is 13.2. The monoisotopic (exact) mass is 1540 g/mol. The van der Waals surface area contributed by atoms with Gasteiger partial charge < -0.3 is 16.1 Å². The molecule has 5 saturated heterocycles. The molecule has 7 aromatic carbocycles. The van der Waals surface area contributed by atoms with Gasteiger partial charge in [0.25, 0.3) is 11.8 Å². The molecule has 1 N–H and O–H groups in total. The number of carbonyl (C=O) groups is 5. The number of hydroxylamine groups is 6. The van der Waals surface area contributed by atoms with E-state index in [-0.39, 0.29) is 92.6 Å². The Morgan fingerprint density at radius 2 is 0.952 bits per heavy atom. The van der Waals surface area contributed by atoms with Crippen molar-refractivity contribution in [2.45, 2.75) is 86.6 Å². The van der Waals surface area contributed by atoms with Gasteiger partial charge in [0.15, 0.2) is 0 Å². The predicted octanol–water partition coefficient (Wildman–Crippen LogP) is 14.9. The van der Waals surface area contributed by atoms with E-state index in [2.05, 4.69) is 62.8 Å². The first-order chi connectivity index (χ1) is 49.2. The predicted molar refractivity (Wildman–Crippen MR) is 440 cm³/mol. The zero-order chi connectivity index (χ0) is 73.7. The number of para-hydroxylation sites is 3. The van der Waals surface area contributed by atoms with Gasteiger partial charge in [-0.1, -0.05) is 188 Å². The number of rotatable bonds is 20. The summed E-state index contributed by atoms with van der Waals surface area (Å²) in [6, 6.07) is 67.6. The number of nitrogens with one attached hydrogen (secondary N) is 1. The van der Waals surface area contributed by atoms with Gasteiger partial charge in [-0.2, -0.15) is 5.26 Å². The Morgan fingerprint density at radius 3 is 1.45 bits per heavy atom. The summed E-state index contributed by atoms with van der Waals surface area (Å²) in [5.74, 6) is 1.21. The summed E-state index contributed by atoms with van der Waals surface area (Å²) in [5, 5.41) is 16.5. The molecule has 0 aromatic heterocycles. The molecule has 5 aliphatic rings. The van der Waals surface area contributed by atoms with E-state index < -0.39 is 16.2 Å². The van der Waals surface area contributed by atoms with Gasteiger partial charge in [-0.25, -0.2) is 15.2 Å². The molecule has 0 saturated carbocycles. The fourth-order valence-electron chi connectivity index (χ4n) is 12.2. The van der Waals surface area contributed by atoms with Crippen LogP contribution in [0.1, 0.15) is 108 Å². The molecule has 0 bridgehead atoms. The van der Waals surface area contributed by atoms with Crippen molar-refractivity contribution in [3.8, 4) is 6.07 Å². The molecule has 7 aromatic rings. The number of nitrogens with zero attached hydrogens (tertiary/aromatic N) is 8. The first-order valence-electron chi connectivity index (χ1n) is 34.4. The third-order valence-corrected chi connectivity index (χ3v) is 24.3. The summed E-state index contributed by atoms with van der Waals surface area (Å²) >= 11 is 0. The minimum Gasteiger partial charge on any atom is -1.00 e. The minimum absolute atomic E-state index is 0. The van der Waals surface area contributed by atoms with Gasteiger partial charge in [0.05, 0.1) is 69.8 Å². The summed E-state index contributed by atoms with van der Waals surface area (Å²) in [6.07, 6.45) is 4.27. The third kappa shape index (κ3) is 24.5. The van der Waals surface area contributed by atoms with Crippen molar-refractivity contribution in [1.29, 1.82) is 5.26 Å². The summed E-state index contributed by atoms with van der Waals surface area (Å²) in [4.78, 5) is 71.3. The SMILES string of the molecule is CPON1CCC(C)C1=O.CPON1CC[C@@](C)(C(=Nc2ccccc2)c2ccccc2)C1=O.CPON1CC[C@@](C)(C(Nc2ccccc2)c2ccccc2)C1=O.CPPN1CCC(C)C1=O.CPPN1CC[C@@](C)(C(=Nc2ccccc2)c2ccccc2C)C1=O.Cc1ccccc1C#N.[B].[H-].[Na+]. The number of benzene rings is 7. The van der Waals surface area contributed by atoms with Gasteiger partial charge in [0.1, 0.15) is 0 Å². The van der Waals surface area contributed by atoms with Crippen molar-refractivity contribution in [3.63, 3.8) is 0 Å². The standard InChI is InChI=1S/C20H24N2OP2.C19H23N2O2P.C19H21N2O2P.C8H7N.C6H12NO2P.C6H13NOP2.B.Na.H/c1-15-9-7-8-12-17(15)18(21-16-10-5-4-6-11-16)20(2)13-14-22(19(20)23)25-24-3;2*1-19(13-14-21(18(19)22)23-24-2)17(15-9-5-3-6-10-15)20-16-11-7-4-8-12-16;1-7-4-2-3-5-8(7)6-9;1-5-3-4-7(6(5)8)9-10-2;1-5-3-4-7(6(5)8)10-9-2;;;/h4-12,24-25H,13-14H2,1-3H3;3-12,17,20,24H,13-14H2,1-2H3;3-12,24H,13-14H2,1-2H3;2-5H,1H3;5,10H,3-4H2,1-2H3;5,9-10H,3-4H2,1-2H3;;;/q;;;;;;;+1;-1/t20-;17?,19-;19-;;;;;;/m000....../s1. The molecule has 0 spiro atoms. The Bertz CT molecular complexity index is 3910. The zero-order valence-electron chi connectivity index (χ0n) is 63.3. The van der Waals surface area contributed by atoms with Crippen LogP contribution >= 0.6 is 59.8 Å². The van der Waals surface area contributed by atoms with Crippen molar-refractivity contribution >= 4 is 126 Å². The van der Waals surface area contributed by atoms with Crippen LogP contribution in [0.3, 0.4) is 0 Å². The summed E-state index contributed by atoms with van der Waals surface area (Å²) in [7, 11) is 3.91. The van der Waals surface area contributed by atoms with E-state index >= 15 is 0 Å². The van der Waals surface area contributed by atoms with E-state index in [9.17, 15) is 24.0 Å². The van der Waals surface area contributed by atoms with Crippen LogP contribution in [-0.4, -0.2) is 140 Å². The smallest absolute Gasteiger partial charge is 1.00 e. The zero-order valence-corrected chi connectivity index (χ0v) is 71.3. The number of anilines is 1. The molecule has 26 heteroatoms. The second kappa shape index (κ2) is 45.3. The van der Waals surface area contributed by atoms with E-state index in [0.29, 0.717) is 48.6 Å². The second-order valence-corrected chi connectivity index (χ2v) is 34.2. The quantitative estimate of drug-likeness (QED) is 0.0437. The van der Waals surface area contributed by atoms with Crippen LogP contribution in [0.4, 0.5) is 17.1 Å². The number of aryl methyl sites for hydroxylation is 2.